The molecule has 3 aromatic rings. The molecule has 0 saturated heterocycles. The maximum Gasteiger partial charge on any atom is 0.113 e. The van der Waals surface area contributed by atoms with Crippen molar-refractivity contribution in [3.8, 4) is 5.69 Å². The van der Waals surface area contributed by atoms with Crippen LogP contribution in [0.2, 0.25) is 0 Å². The minimum absolute atomic E-state index is 0. The van der Waals surface area contributed by atoms with Crippen LogP contribution in [0.15, 0.2) is 73.1 Å². The van der Waals surface area contributed by atoms with Crippen LogP contribution >= 0.6 is 24.8 Å². The van der Waals surface area contributed by atoms with E-state index in [1.165, 1.54) is 16.8 Å². The molecular weight excluding hydrogens is 363 g/mol. The molecule has 136 valence electrons. The van der Waals surface area contributed by atoms with Crippen molar-refractivity contribution in [1.29, 1.82) is 0 Å². The lowest BCUT2D eigenvalue weighted by atomic mass is 9.73. The fourth-order valence-electron chi connectivity index (χ4n) is 3.74. The topological polar surface area (TPSA) is 17.8 Å². The van der Waals surface area contributed by atoms with Crippen LogP contribution < -0.4 is 0 Å². The summed E-state index contributed by atoms with van der Waals surface area (Å²) in [4.78, 5) is 4.64. The highest BCUT2D eigenvalue weighted by atomic mass is 35.5. The lowest BCUT2D eigenvalue weighted by Gasteiger charge is -2.31. The van der Waals surface area contributed by atoms with Gasteiger partial charge in [0.15, 0.2) is 0 Å². The molecule has 1 unspecified atom stereocenters. The highest BCUT2D eigenvalue weighted by molar-refractivity contribution is 5.85. The molecule has 4 rings (SSSR count). The summed E-state index contributed by atoms with van der Waals surface area (Å²) in [5, 5.41) is 0. The Labute approximate surface area is 167 Å². The van der Waals surface area contributed by atoms with E-state index in [0.717, 1.165) is 12.2 Å². The smallest absolute Gasteiger partial charge is 0.113 e. The standard InChI is InChI=1S/C22H22N2.2ClH/c1-22(2,20-13-12-17-8-6-7-11-19(17)20)16-21-23-14-15-24(21)18-9-4-3-5-10-18;;/h3-15,20H,16H2,1-2H3;2*1H. The monoisotopic (exact) mass is 386 g/mol. The van der Waals surface area contributed by atoms with Crippen molar-refractivity contribution in [2.24, 2.45) is 5.41 Å². The molecule has 4 heteroatoms. The Bertz CT molecular complexity index is 882. The van der Waals surface area contributed by atoms with E-state index in [1.807, 2.05) is 12.3 Å². The van der Waals surface area contributed by atoms with E-state index in [2.05, 4.69) is 90.3 Å². The van der Waals surface area contributed by atoms with Crippen LogP contribution in [0.5, 0.6) is 0 Å². The number of rotatable bonds is 4. The van der Waals surface area contributed by atoms with Gasteiger partial charge in [-0.2, -0.15) is 0 Å². The summed E-state index contributed by atoms with van der Waals surface area (Å²) >= 11 is 0. The Morgan fingerprint density at radius 3 is 2.42 bits per heavy atom. The molecule has 0 bridgehead atoms. The number of aromatic nitrogens is 2. The zero-order valence-corrected chi connectivity index (χ0v) is 16.6. The van der Waals surface area contributed by atoms with Crippen molar-refractivity contribution in [2.75, 3.05) is 0 Å². The number of allylic oxidation sites excluding steroid dienone is 1. The molecule has 1 aliphatic rings. The number of imidazole rings is 1. The molecular formula is C22H24Cl2N2. The van der Waals surface area contributed by atoms with Crippen molar-refractivity contribution < 1.29 is 0 Å². The molecule has 2 nitrogen and oxygen atoms in total. The summed E-state index contributed by atoms with van der Waals surface area (Å²) in [7, 11) is 0. The SMILES string of the molecule is CC(C)(Cc1nccn1-c1ccccc1)C1C=Cc2ccccc21.Cl.Cl. The quantitative estimate of drug-likeness (QED) is 0.529. The number of nitrogens with zero attached hydrogens (tertiary/aromatic N) is 2. The number of hydrogen-bond acceptors (Lipinski definition) is 1. The second-order valence-electron chi connectivity index (χ2n) is 7.18. The second-order valence-corrected chi connectivity index (χ2v) is 7.18. The Morgan fingerprint density at radius 2 is 1.65 bits per heavy atom. The molecule has 0 saturated carbocycles. The van der Waals surface area contributed by atoms with Crippen LogP contribution in [0.4, 0.5) is 0 Å². The van der Waals surface area contributed by atoms with Crippen LogP contribution in [0, 0.1) is 5.41 Å². The van der Waals surface area contributed by atoms with Gasteiger partial charge in [0.1, 0.15) is 5.82 Å². The first-order valence-corrected chi connectivity index (χ1v) is 8.50. The molecule has 0 aliphatic heterocycles. The van der Waals surface area contributed by atoms with Gasteiger partial charge in [0, 0.05) is 30.4 Å². The maximum atomic E-state index is 4.64. The van der Waals surface area contributed by atoms with Gasteiger partial charge >= 0.3 is 0 Å². The van der Waals surface area contributed by atoms with Crippen LogP contribution in [0.1, 0.15) is 36.7 Å². The van der Waals surface area contributed by atoms with E-state index < -0.39 is 0 Å². The number of fused-ring (bicyclic) bond motifs is 1. The number of hydrogen-bond donors (Lipinski definition) is 0. The summed E-state index contributed by atoms with van der Waals surface area (Å²) in [5.74, 6) is 1.54. The third-order valence-electron chi connectivity index (χ3n) is 5.01. The Morgan fingerprint density at radius 1 is 0.962 bits per heavy atom. The van der Waals surface area contributed by atoms with Crippen LogP contribution in [-0.4, -0.2) is 9.55 Å². The summed E-state index contributed by atoms with van der Waals surface area (Å²) in [5.41, 5.74) is 4.05. The molecule has 0 fully saturated rings. The van der Waals surface area contributed by atoms with E-state index in [1.54, 1.807) is 0 Å². The van der Waals surface area contributed by atoms with Gasteiger partial charge in [0.2, 0.25) is 0 Å². The predicted octanol–water partition coefficient (Wildman–Crippen LogP) is 6.10. The first-order valence-electron chi connectivity index (χ1n) is 8.50. The molecule has 26 heavy (non-hydrogen) atoms. The predicted molar refractivity (Wildman–Crippen MR) is 114 cm³/mol. The molecule has 1 atom stereocenters. The lowest BCUT2D eigenvalue weighted by molar-refractivity contribution is 0.316. The van der Waals surface area contributed by atoms with E-state index in [0.29, 0.717) is 5.92 Å². The first-order chi connectivity index (χ1) is 11.6. The number of benzene rings is 2. The van der Waals surface area contributed by atoms with Gasteiger partial charge in [-0.15, -0.1) is 24.8 Å². The molecule has 0 N–H and O–H groups in total. The highest BCUT2D eigenvalue weighted by Crippen LogP contribution is 2.44. The van der Waals surface area contributed by atoms with E-state index in [-0.39, 0.29) is 30.2 Å². The summed E-state index contributed by atoms with van der Waals surface area (Å²) in [6.07, 6.45) is 9.49. The van der Waals surface area contributed by atoms with Crippen molar-refractivity contribution in [3.05, 3.63) is 90.0 Å². The fourth-order valence-corrected chi connectivity index (χ4v) is 3.74. The minimum Gasteiger partial charge on any atom is -0.304 e. The Balaban J connectivity index is 0.00000121. The zero-order chi connectivity index (χ0) is 16.6. The summed E-state index contributed by atoms with van der Waals surface area (Å²) in [6.45, 7) is 4.68. The average molecular weight is 387 g/mol. The molecule has 0 spiro atoms. The lowest BCUT2D eigenvalue weighted by Crippen LogP contribution is -2.24. The second kappa shape index (κ2) is 8.11. The molecule has 2 aromatic carbocycles. The highest BCUT2D eigenvalue weighted by Gasteiger charge is 2.33. The van der Waals surface area contributed by atoms with Gasteiger partial charge in [0.25, 0.3) is 0 Å². The third kappa shape index (κ3) is 3.72. The Hall–Kier alpha value is -2.03. The van der Waals surface area contributed by atoms with Crippen molar-refractivity contribution in [3.63, 3.8) is 0 Å². The van der Waals surface area contributed by atoms with Gasteiger partial charge in [0.05, 0.1) is 0 Å². The van der Waals surface area contributed by atoms with Gasteiger partial charge in [-0.1, -0.05) is 68.5 Å². The van der Waals surface area contributed by atoms with Gasteiger partial charge in [-0.3, -0.25) is 0 Å². The van der Waals surface area contributed by atoms with E-state index in [9.17, 15) is 0 Å². The molecule has 0 amide bonds. The molecule has 0 radical (unpaired) electrons. The van der Waals surface area contributed by atoms with Crippen molar-refractivity contribution in [2.45, 2.75) is 26.2 Å². The van der Waals surface area contributed by atoms with Gasteiger partial charge in [-0.25, -0.2) is 4.98 Å². The zero-order valence-electron chi connectivity index (χ0n) is 15.0. The Kier molecular flexibility index (Phi) is 6.33. The summed E-state index contributed by atoms with van der Waals surface area (Å²) < 4.78 is 2.20. The van der Waals surface area contributed by atoms with E-state index >= 15 is 0 Å². The van der Waals surface area contributed by atoms with Crippen molar-refractivity contribution >= 4 is 30.9 Å². The number of halogens is 2. The minimum atomic E-state index is 0. The molecule has 1 aliphatic carbocycles. The first kappa shape index (κ1) is 20.3. The van der Waals surface area contributed by atoms with Crippen LogP contribution in [0.25, 0.3) is 11.8 Å². The normalized spacial score (nSPS) is 15.1. The maximum absolute atomic E-state index is 4.64. The fraction of sp³-hybridized carbons (Fsp3) is 0.227. The van der Waals surface area contributed by atoms with E-state index in [4.69, 9.17) is 0 Å². The summed E-state index contributed by atoms with van der Waals surface area (Å²) in [6, 6.07) is 19.1. The van der Waals surface area contributed by atoms with Crippen molar-refractivity contribution in [1.82, 2.24) is 9.55 Å². The third-order valence-corrected chi connectivity index (χ3v) is 5.01. The van der Waals surface area contributed by atoms with Crippen LogP contribution in [0.3, 0.4) is 0 Å². The van der Waals surface area contributed by atoms with Gasteiger partial charge < -0.3 is 4.57 Å². The average Bonchev–Trinajstić information content (AvgIpc) is 3.22. The molecule has 1 heterocycles. The molecule has 1 aromatic heterocycles. The number of para-hydroxylation sites is 1. The van der Waals surface area contributed by atoms with Gasteiger partial charge in [-0.05, 0) is 28.7 Å². The largest absolute Gasteiger partial charge is 0.304 e. The van der Waals surface area contributed by atoms with Crippen LogP contribution in [-0.2, 0) is 6.42 Å².